The minimum absolute atomic E-state index is 0.156. The highest BCUT2D eigenvalue weighted by molar-refractivity contribution is 7.21. The van der Waals surface area contributed by atoms with Gasteiger partial charge < -0.3 is 29.5 Å². The summed E-state index contributed by atoms with van der Waals surface area (Å²) in [5, 5.41) is 5.35. The lowest BCUT2D eigenvalue weighted by molar-refractivity contribution is 0.0853. The number of nitrogens with two attached hydrogens (primary N) is 1. The van der Waals surface area contributed by atoms with Crippen molar-refractivity contribution in [3.8, 4) is 23.0 Å². The molecule has 2 aromatic heterocycles. The van der Waals surface area contributed by atoms with Crippen LogP contribution in [0.5, 0.6) is 23.0 Å². The molecule has 8 nitrogen and oxygen atoms in total. The van der Waals surface area contributed by atoms with Gasteiger partial charge in [-0.1, -0.05) is 5.16 Å². The number of ether oxygens (including phenoxy) is 4. The van der Waals surface area contributed by atoms with E-state index in [2.05, 4.69) is 17.1 Å². The fourth-order valence-electron chi connectivity index (χ4n) is 4.21. The Balaban J connectivity index is 1.42. The molecular weight excluding hydrogens is 418 g/mol. The summed E-state index contributed by atoms with van der Waals surface area (Å²) >= 11 is 1.56. The summed E-state index contributed by atoms with van der Waals surface area (Å²) in [4.78, 5) is 12.3. The maximum absolute atomic E-state index is 6.48. The smallest absolute Gasteiger partial charge is 0.231 e. The van der Waals surface area contributed by atoms with Crippen molar-refractivity contribution in [3.63, 3.8) is 0 Å². The number of aryl methyl sites for hydroxylation is 2. The molecule has 2 aliphatic heterocycles. The van der Waals surface area contributed by atoms with E-state index in [9.17, 15) is 0 Å². The Labute approximate surface area is 183 Å². The van der Waals surface area contributed by atoms with Crippen molar-refractivity contribution in [2.24, 2.45) is 5.16 Å². The Morgan fingerprint density at radius 3 is 2.74 bits per heavy atom. The first-order valence-electron chi connectivity index (χ1n) is 9.92. The minimum Gasteiger partial charge on any atom is -0.492 e. The van der Waals surface area contributed by atoms with Crippen molar-refractivity contribution in [2.45, 2.75) is 32.8 Å². The van der Waals surface area contributed by atoms with Gasteiger partial charge in [0.1, 0.15) is 16.6 Å². The number of aromatic nitrogens is 1. The van der Waals surface area contributed by atoms with Crippen LogP contribution in [0.25, 0.3) is 10.2 Å². The van der Waals surface area contributed by atoms with Crippen molar-refractivity contribution in [2.75, 3.05) is 26.7 Å². The largest absolute Gasteiger partial charge is 0.492 e. The van der Waals surface area contributed by atoms with Crippen LogP contribution in [0, 0.1) is 13.8 Å². The SMILES string of the molecule is COc1c(CC2CC(c3sc4nc(C)cc(C)c4c3N)=NO2)cc2c(c1OC)OCO2. The molecule has 0 amide bonds. The Bertz CT molecular complexity index is 1220. The molecule has 3 aromatic rings. The number of benzene rings is 1. The zero-order valence-corrected chi connectivity index (χ0v) is 18.6. The zero-order valence-electron chi connectivity index (χ0n) is 17.8. The van der Waals surface area contributed by atoms with Gasteiger partial charge in [-0.25, -0.2) is 4.98 Å². The second-order valence-corrected chi connectivity index (χ2v) is 8.61. The van der Waals surface area contributed by atoms with E-state index in [1.54, 1.807) is 25.6 Å². The Kier molecular flexibility index (Phi) is 4.77. The third-order valence-electron chi connectivity index (χ3n) is 5.53. The van der Waals surface area contributed by atoms with Gasteiger partial charge in [0.25, 0.3) is 0 Å². The second kappa shape index (κ2) is 7.49. The molecule has 31 heavy (non-hydrogen) atoms. The van der Waals surface area contributed by atoms with Gasteiger partial charge in [-0.2, -0.15) is 0 Å². The molecule has 1 atom stereocenters. The molecule has 0 spiro atoms. The van der Waals surface area contributed by atoms with Crippen LogP contribution in [0.1, 0.15) is 28.1 Å². The molecule has 2 N–H and O–H groups in total. The monoisotopic (exact) mass is 441 g/mol. The summed E-state index contributed by atoms with van der Waals surface area (Å²) in [6.07, 6.45) is 1.05. The first-order valence-corrected chi connectivity index (χ1v) is 10.7. The maximum Gasteiger partial charge on any atom is 0.231 e. The summed E-state index contributed by atoms with van der Waals surface area (Å²) in [5.74, 6) is 2.33. The average Bonchev–Trinajstić information content (AvgIpc) is 3.45. The van der Waals surface area contributed by atoms with Gasteiger partial charge in [0.05, 0.1) is 24.8 Å². The lowest BCUT2D eigenvalue weighted by atomic mass is 10.0. The zero-order chi connectivity index (χ0) is 21.7. The molecule has 2 aliphatic rings. The molecule has 0 fully saturated rings. The van der Waals surface area contributed by atoms with Gasteiger partial charge in [-0.05, 0) is 31.5 Å². The molecule has 0 aliphatic carbocycles. The average molecular weight is 442 g/mol. The summed E-state index contributed by atoms with van der Waals surface area (Å²) in [6.45, 7) is 4.20. The number of fused-ring (bicyclic) bond motifs is 2. The second-order valence-electron chi connectivity index (χ2n) is 7.62. The highest BCUT2D eigenvalue weighted by Crippen LogP contribution is 2.49. The number of hydrogen-bond acceptors (Lipinski definition) is 9. The van der Waals surface area contributed by atoms with Crippen LogP contribution in [0.2, 0.25) is 0 Å². The van der Waals surface area contributed by atoms with Crippen LogP contribution >= 0.6 is 11.3 Å². The van der Waals surface area contributed by atoms with E-state index in [-0.39, 0.29) is 12.9 Å². The Morgan fingerprint density at radius 1 is 1.16 bits per heavy atom. The van der Waals surface area contributed by atoms with Crippen molar-refractivity contribution in [1.82, 2.24) is 4.98 Å². The van der Waals surface area contributed by atoms with Crippen LogP contribution in [0.15, 0.2) is 17.3 Å². The third-order valence-corrected chi connectivity index (χ3v) is 6.67. The summed E-state index contributed by atoms with van der Waals surface area (Å²) < 4.78 is 22.2. The predicted octanol–water partition coefficient (Wildman–Crippen LogP) is 3.98. The van der Waals surface area contributed by atoms with Gasteiger partial charge in [0.15, 0.2) is 11.5 Å². The van der Waals surface area contributed by atoms with Crippen LogP contribution in [0.4, 0.5) is 5.69 Å². The van der Waals surface area contributed by atoms with Crippen molar-refractivity contribution < 1.29 is 23.8 Å². The molecular formula is C22H23N3O5S. The Morgan fingerprint density at radius 2 is 1.97 bits per heavy atom. The van der Waals surface area contributed by atoms with E-state index < -0.39 is 0 Å². The first-order chi connectivity index (χ1) is 15.0. The molecule has 0 bridgehead atoms. The number of nitrogen functional groups attached to an aromatic ring is 1. The molecule has 5 rings (SSSR count). The van der Waals surface area contributed by atoms with Gasteiger partial charge >= 0.3 is 0 Å². The molecule has 0 saturated heterocycles. The minimum atomic E-state index is -0.158. The van der Waals surface area contributed by atoms with E-state index in [1.165, 1.54) is 0 Å². The van der Waals surface area contributed by atoms with Gasteiger partial charge in [-0.15, -0.1) is 11.3 Å². The standard InChI is InChI=1S/C22H23N3O5S/c1-10-5-11(2)24-22-16(10)17(23)21(31-22)14-8-13(30-25-14)6-12-7-15-19(29-9-28-15)20(27-4)18(12)26-3/h5,7,13H,6,8-9,23H2,1-4H3. The van der Waals surface area contributed by atoms with Gasteiger partial charge in [0.2, 0.25) is 18.3 Å². The third kappa shape index (κ3) is 3.20. The van der Waals surface area contributed by atoms with E-state index in [1.807, 2.05) is 19.1 Å². The number of methoxy groups -OCH3 is 2. The fraction of sp³-hybridized carbons (Fsp3) is 0.364. The van der Waals surface area contributed by atoms with Crippen molar-refractivity contribution in [1.29, 1.82) is 0 Å². The number of thiophene rings is 1. The highest BCUT2D eigenvalue weighted by Gasteiger charge is 2.31. The van der Waals surface area contributed by atoms with E-state index >= 15 is 0 Å². The number of oxime groups is 1. The maximum atomic E-state index is 6.48. The Hall–Kier alpha value is -3.20. The number of pyridine rings is 1. The number of hydrogen-bond donors (Lipinski definition) is 1. The number of anilines is 1. The number of nitrogens with zero attached hydrogens (tertiary/aromatic N) is 2. The molecule has 0 radical (unpaired) electrons. The molecule has 1 aromatic carbocycles. The van der Waals surface area contributed by atoms with Crippen molar-refractivity contribution in [3.05, 3.63) is 33.8 Å². The van der Waals surface area contributed by atoms with E-state index in [0.717, 1.165) is 43.3 Å². The summed E-state index contributed by atoms with van der Waals surface area (Å²) in [6, 6.07) is 3.96. The van der Waals surface area contributed by atoms with Crippen LogP contribution in [0.3, 0.4) is 0 Å². The molecule has 1 unspecified atom stereocenters. The number of rotatable bonds is 5. The lowest BCUT2D eigenvalue weighted by Crippen LogP contribution is -2.13. The first kappa shape index (κ1) is 19.7. The fourth-order valence-corrected chi connectivity index (χ4v) is 5.41. The van der Waals surface area contributed by atoms with E-state index in [0.29, 0.717) is 35.8 Å². The predicted molar refractivity (Wildman–Crippen MR) is 119 cm³/mol. The highest BCUT2D eigenvalue weighted by atomic mass is 32.1. The van der Waals surface area contributed by atoms with Crippen molar-refractivity contribution >= 4 is 33.0 Å². The molecule has 4 heterocycles. The van der Waals surface area contributed by atoms with E-state index in [4.69, 9.17) is 29.5 Å². The van der Waals surface area contributed by atoms with Crippen LogP contribution < -0.4 is 24.7 Å². The van der Waals surface area contributed by atoms with Crippen LogP contribution in [-0.4, -0.2) is 37.8 Å². The molecule has 162 valence electrons. The molecule has 9 heteroatoms. The van der Waals surface area contributed by atoms with Crippen LogP contribution in [-0.2, 0) is 11.3 Å². The van der Waals surface area contributed by atoms with Gasteiger partial charge in [-0.3, -0.25) is 0 Å². The molecule has 0 saturated carbocycles. The quantitative estimate of drug-likeness (QED) is 0.640. The summed E-state index contributed by atoms with van der Waals surface area (Å²) in [7, 11) is 3.19. The summed E-state index contributed by atoms with van der Waals surface area (Å²) in [5.41, 5.74) is 11.0. The van der Waals surface area contributed by atoms with Gasteiger partial charge in [0, 0.05) is 29.5 Å². The topological polar surface area (TPSA) is 97.4 Å². The normalized spacial score (nSPS) is 17.0. The lowest BCUT2D eigenvalue weighted by Gasteiger charge is -2.16.